The van der Waals surface area contributed by atoms with Gasteiger partial charge in [-0.05, 0) is 41.5 Å². The van der Waals surface area contributed by atoms with E-state index in [4.69, 9.17) is 0 Å². The number of thiophene rings is 1. The summed E-state index contributed by atoms with van der Waals surface area (Å²) in [5.74, 6) is -0.0368. The van der Waals surface area contributed by atoms with Crippen LogP contribution in [-0.4, -0.2) is 21.6 Å². The van der Waals surface area contributed by atoms with Gasteiger partial charge in [-0.15, -0.1) is 11.3 Å². The minimum absolute atomic E-state index is 0.0368. The van der Waals surface area contributed by atoms with Crippen molar-refractivity contribution in [2.75, 3.05) is 0 Å². The first-order valence-corrected chi connectivity index (χ1v) is 10.5. The fourth-order valence-corrected chi connectivity index (χ4v) is 4.65. The van der Waals surface area contributed by atoms with Gasteiger partial charge in [-0.3, -0.25) is 9.59 Å². The number of hydrazone groups is 1. The van der Waals surface area contributed by atoms with Crippen molar-refractivity contribution in [3.8, 4) is 0 Å². The Hall–Kier alpha value is -2.73. The standard InChI is InChI=1S/C22H23N3O2S/c1-4-14-6-8-15(9-7-14)18-12-17(24-25(18)19(26)5-2)20-13(3)16-10-11-28-22(16)23-21(20)27/h6-11,18H,4-5,12H2,1-3H3,(H,23,27). The Labute approximate surface area is 167 Å². The zero-order valence-corrected chi connectivity index (χ0v) is 17.1. The Morgan fingerprint density at radius 1 is 1.25 bits per heavy atom. The van der Waals surface area contributed by atoms with Gasteiger partial charge >= 0.3 is 0 Å². The number of rotatable bonds is 4. The van der Waals surface area contributed by atoms with Crippen LogP contribution in [0.5, 0.6) is 0 Å². The second kappa shape index (κ2) is 7.36. The number of nitrogens with zero attached hydrogens (tertiary/aromatic N) is 2. The van der Waals surface area contributed by atoms with E-state index < -0.39 is 0 Å². The molecular formula is C22H23N3O2S. The van der Waals surface area contributed by atoms with Crippen molar-refractivity contribution in [3.63, 3.8) is 0 Å². The number of pyridine rings is 1. The third-order valence-corrected chi connectivity index (χ3v) is 6.26. The molecule has 0 aliphatic carbocycles. The van der Waals surface area contributed by atoms with Gasteiger partial charge < -0.3 is 4.98 Å². The number of hydrogen-bond donors (Lipinski definition) is 1. The van der Waals surface area contributed by atoms with Gasteiger partial charge in [-0.1, -0.05) is 38.1 Å². The fraction of sp³-hybridized carbons (Fsp3) is 0.318. The molecule has 1 N–H and O–H groups in total. The van der Waals surface area contributed by atoms with Gasteiger partial charge in [0.2, 0.25) is 5.91 Å². The van der Waals surface area contributed by atoms with Gasteiger partial charge in [0.25, 0.3) is 5.56 Å². The van der Waals surface area contributed by atoms with Crippen LogP contribution < -0.4 is 5.56 Å². The molecule has 3 heterocycles. The van der Waals surface area contributed by atoms with E-state index in [0.717, 1.165) is 27.8 Å². The van der Waals surface area contributed by atoms with E-state index in [1.807, 2.05) is 25.3 Å². The van der Waals surface area contributed by atoms with Crippen molar-refractivity contribution in [3.05, 3.63) is 68.3 Å². The van der Waals surface area contributed by atoms with Gasteiger partial charge in [0, 0.05) is 18.2 Å². The number of benzene rings is 1. The number of aromatic nitrogens is 1. The summed E-state index contributed by atoms with van der Waals surface area (Å²) in [6.45, 7) is 5.91. The Morgan fingerprint density at radius 2 is 2.00 bits per heavy atom. The van der Waals surface area contributed by atoms with Gasteiger partial charge in [0.05, 0.1) is 17.3 Å². The number of amides is 1. The Morgan fingerprint density at radius 3 is 2.68 bits per heavy atom. The van der Waals surface area contributed by atoms with Gasteiger partial charge in [0.15, 0.2) is 0 Å². The van der Waals surface area contributed by atoms with Gasteiger partial charge in [-0.25, -0.2) is 5.01 Å². The summed E-state index contributed by atoms with van der Waals surface area (Å²) in [5, 5.41) is 9.19. The monoisotopic (exact) mass is 393 g/mol. The number of carbonyl (C=O) groups excluding carboxylic acids is 1. The van der Waals surface area contributed by atoms with Crippen LogP contribution in [0.15, 0.2) is 45.6 Å². The maximum absolute atomic E-state index is 12.8. The second-order valence-corrected chi connectivity index (χ2v) is 7.99. The lowest BCUT2D eigenvalue weighted by molar-refractivity contribution is -0.132. The van der Waals surface area contributed by atoms with Crippen LogP contribution in [0.4, 0.5) is 0 Å². The third-order valence-electron chi connectivity index (χ3n) is 5.43. The molecule has 1 aromatic carbocycles. The molecule has 28 heavy (non-hydrogen) atoms. The Balaban J connectivity index is 1.78. The van der Waals surface area contributed by atoms with Crippen LogP contribution in [0.2, 0.25) is 0 Å². The zero-order chi connectivity index (χ0) is 19.8. The van der Waals surface area contributed by atoms with Crippen LogP contribution in [0, 0.1) is 6.92 Å². The van der Waals surface area contributed by atoms with Crippen LogP contribution in [0.1, 0.15) is 55.0 Å². The molecule has 0 saturated heterocycles. The molecule has 1 aliphatic heterocycles. The molecule has 0 spiro atoms. The minimum atomic E-state index is -0.176. The quantitative estimate of drug-likeness (QED) is 0.707. The Kier molecular flexibility index (Phi) is 4.89. The lowest BCUT2D eigenvalue weighted by atomic mass is 9.95. The van der Waals surface area contributed by atoms with E-state index in [-0.39, 0.29) is 17.5 Å². The first-order valence-electron chi connectivity index (χ1n) is 9.62. The van der Waals surface area contributed by atoms with Crippen molar-refractivity contribution in [1.82, 2.24) is 9.99 Å². The van der Waals surface area contributed by atoms with Crippen molar-refractivity contribution in [2.45, 2.75) is 46.1 Å². The number of nitrogens with one attached hydrogen (secondary N) is 1. The van der Waals surface area contributed by atoms with Crippen LogP contribution >= 0.6 is 11.3 Å². The van der Waals surface area contributed by atoms with Crippen LogP contribution in [0.3, 0.4) is 0 Å². The van der Waals surface area contributed by atoms with Gasteiger partial charge in [-0.2, -0.15) is 5.10 Å². The molecule has 0 bridgehead atoms. The zero-order valence-electron chi connectivity index (χ0n) is 16.3. The van der Waals surface area contributed by atoms with Crippen molar-refractivity contribution < 1.29 is 4.79 Å². The van der Waals surface area contributed by atoms with E-state index in [0.29, 0.717) is 24.1 Å². The van der Waals surface area contributed by atoms with Crippen molar-refractivity contribution in [1.29, 1.82) is 0 Å². The SMILES string of the molecule is CCC(=O)N1N=C(c2c(C)c3ccsc3[nH]c2=O)CC1c1ccc(CC)cc1. The highest BCUT2D eigenvalue weighted by Crippen LogP contribution is 2.34. The molecule has 3 aromatic rings. The molecule has 1 aliphatic rings. The molecule has 0 saturated carbocycles. The van der Waals surface area contributed by atoms with Crippen LogP contribution in [0.25, 0.3) is 10.2 Å². The normalized spacial score (nSPS) is 16.6. The molecule has 5 nitrogen and oxygen atoms in total. The Bertz CT molecular complexity index is 1120. The van der Waals surface area contributed by atoms with E-state index in [2.05, 4.69) is 41.3 Å². The molecule has 0 fully saturated rings. The molecule has 1 amide bonds. The van der Waals surface area contributed by atoms with E-state index >= 15 is 0 Å². The van der Waals surface area contributed by atoms with Gasteiger partial charge in [0.1, 0.15) is 4.83 Å². The maximum atomic E-state index is 12.8. The third kappa shape index (κ3) is 3.07. The van der Waals surface area contributed by atoms with Crippen molar-refractivity contribution in [2.24, 2.45) is 5.10 Å². The molecule has 144 valence electrons. The highest BCUT2D eigenvalue weighted by Gasteiger charge is 2.34. The first-order chi connectivity index (χ1) is 13.5. The molecular weight excluding hydrogens is 370 g/mol. The number of H-pyrrole nitrogens is 1. The summed E-state index contributed by atoms with van der Waals surface area (Å²) in [6.07, 6.45) is 1.88. The second-order valence-electron chi connectivity index (χ2n) is 7.07. The predicted octanol–water partition coefficient (Wildman–Crippen LogP) is 4.55. The molecule has 4 rings (SSSR count). The summed E-state index contributed by atoms with van der Waals surface area (Å²) < 4.78 is 0. The largest absolute Gasteiger partial charge is 0.313 e. The lowest BCUT2D eigenvalue weighted by Gasteiger charge is -2.21. The summed E-state index contributed by atoms with van der Waals surface area (Å²) in [7, 11) is 0. The highest BCUT2D eigenvalue weighted by atomic mass is 32.1. The predicted molar refractivity (Wildman–Crippen MR) is 114 cm³/mol. The topological polar surface area (TPSA) is 65.5 Å². The van der Waals surface area contributed by atoms with E-state index in [9.17, 15) is 9.59 Å². The lowest BCUT2D eigenvalue weighted by Crippen LogP contribution is -2.26. The number of hydrogen-bond acceptors (Lipinski definition) is 4. The average Bonchev–Trinajstić information content (AvgIpc) is 3.35. The van der Waals surface area contributed by atoms with Crippen LogP contribution in [-0.2, 0) is 11.2 Å². The number of aromatic amines is 1. The number of fused-ring (bicyclic) bond motifs is 1. The summed E-state index contributed by atoms with van der Waals surface area (Å²) in [5.41, 5.74) is 4.35. The number of carbonyl (C=O) groups is 1. The number of aryl methyl sites for hydroxylation is 2. The van der Waals surface area contributed by atoms with Crippen molar-refractivity contribution >= 4 is 33.2 Å². The van der Waals surface area contributed by atoms with E-state index in [1.165, 1.54) is 16.9 Å². The fourth-order valence-electron chi connectivity index (χ4n) is 3.81. The molecule has 1 atom stereocenters. The molecule has 0 radical (unpaired) electrons. The molecule has 1 unspecified atom stereocenters. The smallest absolute Gasteiger partial charge is 0.258 e. The van der Waals surface area contributed by atoms with E-state index in [1.54, 1.807) is 5.01 Å². The average molecular weight is 394 g/mol. The summed E-state index contributed by atoms with van der Waals surface area (Å²) in [4.78, 5) is 29.2. The molecule has 2 aromatic heterocycles. The first kappa shape index (κ1) is 18.6. The summed E-state index contributed by atoms with van der Waals surface area (Å²) in [6, 6.07) is 10.2. The maximum Gasteiger partial charge on any atom is 0.258 e. The summed E-state index contributed by atoms with van der Waals surface area (Å²) >= 11 is 1.52. The highest BCUT2D eigenvalue weighted by molar-refractivity contribution is 7.16. The molecule has 6 heteroatoms. The minimum Gasteiger partial charge on any atom is -0.313 e.